The number of hydrogen-bond donors (Lipinski definition) is 1. The minimum atomic E-state index is -0.620. The van der Waals surface area contributed by atoms with E-state index in [0.29, 0.717) is 11.3 Å². The van der Waals surface area contributed by atoms with Gasteiger partial charge in [0.25, 0.3) is 5.91 Å². The molecule has 3 rings (SSSR count). The van der Waals surface area contributed by atoms with Gasteiger partial charge in [-0.2, -0.15) is 5.10 Å². The van der Waals surface area contributed by atoms with Gasteiger partial charge in [0.2, 0.25) is 5.43 Å². The van der Waals surface area contributed by atoms with Crippen LogP contribution in [0.3, 0.4) is 0 Å². The first-order valence-corrected chi connectivity index (χ1v) is 8.72. The first-order valence-electron chi connectivity index (χ1n) is 8.72. The summed E-state index contributed by atoms with van der Waals surface area (Å²) in [5.41, 5.74) is 0.221. The molecule has 0 aliphatic heterocycles. The Hall–Kier alpha value is -3.48. The Kier molecular flexibility index (Phi) is 5.26. The fraction of sp³-hybridized carbons (Fsp3) is 0.190. The largest absolute Gasteiger partial charge is 0.508 e. The molecule has 28 heavy (non-hydrogen) atoms. The first-order chi connectivity index (χ1) is 13.3. The summed E-state index contributed by atoms with van der Waals surface area (Å²) in [5, 5.41) is 14.2. The maximum atomic E-state index is 14.2. The third-order valence-electron chi connectivity index (χ3n) is 4.68. The lowest BCUT2D eigenvalue weighted by Gasteiger charge is -2.25. The molecule has 1 atom stereocenters. The number of rotatable bonds is 4. The number of amides is 1. The third-order valence-corrected chi connectivity index (χ3v) is 4.68. The van der Waals surface area contributed by atoms with Gasteiger partial charge in [0, 0.05) is 24.4 Å². The summed E-state index contributed by atoms with van der Waals surface area (Å²) in [6.07, 6.45) is 0. The van der Waals surface area contributed by atoms with Crippen molar-refractivity contribution in [2.24, 2.45) is 0 Å². The number of aromatic hydroxyl groups is 1. The zero-order valence-corrected chi connectivity index (χ0v) is 15.8. The Morgan fingerprint density at radius 1 is 1.18 bits per heavy atom. The molecule has 1 N–H and O–H groups in total. The average molecular weight is 381 g/mol. The van der Waals surface area contributed by atoms with Crippen molar-refractivity contribution in [2.75, 3.05) is 7.05 Å². The predicted octanol–water partition coefficient (Wildman–Crippen LogP) is 3.22. The Balaban J connectivity index is 2.02. The van der Waals surface area contributed by atoms with Gasteiger partial charge < -0.3 is 10.0 Å². The molecule has 0 bridgehead atoms. The molecule has 0 aliphatic carbocycles. The minimum Gasteiger partial charge on any atom is -0.508 e. The van der Waals surface area contributed by atoms with E-state index in [4.69, 9.17) is 0 Å². The molecule has 1 aromatic heterocycles. The molecule has 144 valence electrons. The smallest absolute Gasteiger partial charge is 0.278 e. The number of nitrogens with zero attached hydrogens (tertiary/aromatic N) is 3. The second-order valence-corrected chi connectivity index (χ2v) is 6.51. The van der Waals surface area contributed by atoms with Gasteiger partial charge in [-0.25, -0.2) is 9.07 Å². The van der Waals surface area contributed by atoms with Gasteiger partial charge in [-0.15, -0.1) is 0 Å². The molecule has 0 saturated carbocycles. The van der Waals surface area contributed by atoms with Gasteiger partial charge in [-0.3, -0.25) is 9.59 Å². The number of benzene rings is 2. The average Bonchev–Trinajstić information content (AvgIpc) is 2.68. The van der Waals surface area contributed by atoms with E-state index < -0.39 is 23.2 Å². The molecule has 1 amide bonds. The van der Waals surface area contributed by atoms with Crippen molar-refractivity contribution in [2.45, 2.75) is 19.9 Å². The molecule has 2 aromatic carbocycles. The molecular formula is C21H20FN3O3. The second kappa shape index (κ2) is 7.64. The van der Waals surface area contributed by atoms with Crippen molar-refractivity contribution in [1.82, 2.24) is 14.7 Å². The Morgan fingerprint density at radius 3 is 2.50 bits per heavy atom. The monoisotopic (exact) mass is 381 g/mol. The second-order valence-electron chi connectivity index (χ2n) is 6.51. The van der Waals surface area contributed by atoms with E-state index in [-0.39, 0.29) is 17.1 Å². The zero-order chi connectivity index (χ0) is 20.4. The van der Waals surface area contributed by atoms with E-state index in [2.05, 4.69) is 5.10 Å². The van der Waals surface area contributed by atoms with Crippen LogP contribution in [0, 0.1) is 12.7 Å². The van der Waals surface area contributed by atoms with E-state index in [0.717, 1.165) is 0 Å². The highest BCUT2D eigenvalue weighted by Gasteiger charge is 2.25. The normalized spacial score (nSPS) is 11.9. The quantitative estimate of drug-likeness (QED) is 0.753. The fourth-order valence-corrected chi connectivity index (χ4v) is 2.96. The van der Waals surface area contributed by atoms with Gasteiger partial charge in [0.1, 0.15) is 17.3 Å². The molecule has 6 nitrogen and oxygen atoms in total. The summed E-state index contributed by atoms with van der Waals surface area (Å²) in [7, 11) is 1.52. The number of carbonyl (C=O) groups is 1. The zero-order valence-electron chi connectivity index (χ0n) is 15.8. The third kappa shape index (κ3) is 3.51. The van der Waals surface area contributed by atoms with E-state index in [1.165, 1.54) is 40.9 Å². The number of halogens is 1. The summed E-state index contributed by atoms with van der Waals surface area (Å²) in [4.78, 5) is 26.7. The Labute approximate surface area is 161 Å². The van der Waals surface area contributed by atoms with Gasteiger partial charge in [0.15, 0.2) is 5.69 Å². The SMILES string of the molecule is Cc1cc(=O)c(C(=O)N(C)[C@@H](C)c2ccccc2O)nn1-c1ccccc1F. The summed E-state index contributed by atoms with van der Waals surface area (Å²) < 4.78 is 15.4. The maximum Gasteiger partial charge on any atom is 0.278 e. The van der Waals surface area contributed by atoms with E-state index in [9.17, 15) is 19.1 Å². The van der Waals surface area contributed by atoms with Crippen LogP contribution in [-0.2, 0) is 0 Å². The van der Waals surface area contributed by atoms with Gasteiger partial charge in [-0.1, -0.05) is 30.3 Å². The van der Waals surface area contributed by atoms with Crippen LogP contribution in [0.25, 0.3) is 5.69 Å². The highest BCUT2D eigenvalue weighted by molar-refractivity contribution is 5.92. The molecule has 0 spiro atoms. The van der Waals surface area contributed by atoms with Crippen molar-refractivity contribution in [3.63, 3.8) is 0 Å². The van der Waals surface area contributed by atoms with Crippen LogP contribution in [0.2, 0.25) is 0 Å². The lowest BCUT2D eigenvalue weighted by Crippen LogP contribution is -2.35. The van der Waals surface area contributed by atoms with E-state index >= 15 is 0 Å². The summed E-state index contributed by atoms with van der Waals surface area (Å²) >= 11 is 0. The Bertz CT molecular complexity index is 1090. The van der Waals surface area contributed by atoms with Crippen LogP contribution in [0.1, 0.15) is 34.7 Å². The number of phenolic OH excluding ortho intramolecular Hbond substituents is 1. The number of phenols is 1. The van der Waals surface area contributed by atoms with Crippen molar-refractivity contribution in [1.29, 1.82) is 0 Å². The molecule has 1 heterocycles. The summed E-state index contributed by atoms with van der Waals surface area (Å²) in [6, 6.07) is 13.4. The number of carbonyl (C=O) groups excluding carboxylic acids is 1. The molecular weight excluding hydrogens is 361 g/mol. The number of hydrogen-bond acceptors (Lipinski definition) is 4. The number of aromatic nitrogens is 2. The highest BCUT2D eigenvalue weighted by atomic mass is 19.1. The van der Waals surface area contributed by atoms with Crippen molar-refractivity contribution < 1.29 is 14.3 Å². The Morgan fingerprint density at radius 2 is 1.82 bits per heavy atom. The minimum absolute atomic E-state index is 0.0512. The van der Waals surface area contributed by atoms with Crippen LogP contribution >= 0.6 is 0 Å². The summed E-state index contributed by atoms with van der Waals surface area (Å²) in [6.45, 7) is 3.35. The topological polar surface area (TPSA) is 75.4 Å². The fourth-order valence-electron chi connectivity index (χ4n) is 2.96. The lowest BCUT2D eigenvalue weighted by atomic mass is 10.1. The molecule has 0 fully saturated rings. The van der Waals surface area contributed by atoms with E-state index in [1.54, 1.807) is 44.2 Å². The van der Waals surface area contributed by atoms with Crippen LogP contribution in [0.4, 0.5) is 4.39 Å². The highest BCUT2D eigenvalue weighted by Crippen LogP contribution is 2.27. The van der Waals surface area contributed by atoms with Crippen molar-refractivity contribution in [3.05, 3.63) is 87.6 Å². The molecule has 0 radical (unpaired) electrons. The number of aryl methyl sites for hydroxylation is 1. The van der Waals surface area contributed by atoms with E-state index in [1.807, 2.05) is 0 Å². The van der Waals surface area contributed by atoms with Crippen LogP contribution in [0.5, 0.6) is 5.75 Å². The van der Waals surface area contributed by atoms with Crippen molar-refractivity contribution >= 4 is 5.91 Å². The molecule has 3 aromatic rings. The molecule has 0 unspecified atom stereocenters. The maximum absolute atomic E-state index is 14.2. The van der Waals surface area contributed by atoms with Crippen LogP contribution in [0.15, 0.2) is 59.4 Å². The van der Waals surface area contributed by atoms with Crippen molar-refractivity contribution in [3.8, 4) is 11.4 Å². The lowest BCUT2D eigenvalue weighted by molar-refractivity contribution is 0.0731. The molecule has 0 saturated heterocycles. The predicted molar refractivity (Wildman–Crippen MR) is 103 cm³/mol. The first kappa shape index (κ1) is 19.3. The van der Waals surface area contributed by atoms with Crippen LogP contribution < -0.4 is 5.43 Å². The summed E-state index contributed by atoms with van der Waals surface area (Å²) in [5.74, 6) is -1.09. The van der Waals surface area contributed by atoms with Gasteiger partial charge in [-0.05, 0) is 32.0 Å². The molecule has 0 aliphatic rings. The van der Waals surface area contributed by atoms with Gasteiger partial charge in [0.05, 0.1) is 6.04 Å². The van der Waals surface area contributed by atoms with Crippen LogP contribution in [-0.4, -0.2) is 32.7 Å². The molecule has 7 heteroatoms. The van der Waals surface area contributed by atoms with Gasteiger partial charge >= 0.3 is 0 Å². The standard InChI is InChI=1S/C21H20FN3O3/c1-13-12-19(27)20(23-25(13)17-10-6-5-9-16(17)22)21(28)24(3)14(2)15-8-4-7-11-18(15)26/h4-12,14,26H,1-3H3/t14-/m0/s1. The number of para-hydroxylation sites is 2.